The summed E-state index contributed by atoms with van der Waals surface area (Å²) in [6, 6.07) is 12.0. The Morgan fingerprint density at radius 1 is 1.00 bits per heavy atom. The van der Waals surface area contributed by atoms with Crippen molar-refractivity contribution in [3.8, 4) is 23.0 Å². The molecule has 2 N–H and O–H groups in total. The van der Waals surface area contributed by atoms with E-state index in [9.17, 15) is 9.50 Å². The van der Waals surface area contributed by atoms with Crippen molar-refractivity contribution in [2.24, 2.45) is 5.92 Å². The number of fused-ring (bicyclic) bond motifs is 7. The Balaban J connectivity index is 1.14. The summed E-state index contributed by atoms with van der Waals surface area (Å²) >= 11 is 0. The van der Waals surface area contributed by atoms with Crippen LogP contribution in [-0.4, -0.2) is 81.0 Å². The lowest BCUT2D eigenvalue weighted by molar-refractivity contribution is 0.0832. The van der Waals surface area contributed by atoms with Crippen LogP contribution in [0.4, 0.5) is 14.6 Å². The van der Waals surface area contributed by atoms with Gasteiger partial charge in [0.15, 0.2) is 5.82 Å². The molecule has 1 aliphatic carbocycles. The van der Waals surface area contributed by atoms with E-state index in [2.05, 4.69) is 25.1 Å². The quantitative estimate of drug-likeness (QED) is 0.318. The maximum atomic E-state index is 16.7. The Hall–Kier alpha value is -3.63. The molecule has 4 saturated heterocycles. The predicted molar refractivity (Wildman–Crippen MR) is 164 cm³/mol. The maximum absolute atomic E-state index is 16.7. The molecule has 0 spiro atoms. The summed E-state index contributed by atoms with van der Waals surface area (Å²) in [5, 5.41) is 16.2. The SMILES string of the molecule is Oc1cc(-c2ncc3c(N4CC5CCC(C4)N5)nc(OCC45CC(F)CN4C4CCCC4C5)nc3c2F)c2ccccc2c1. The summed E-state index contributed by atoms with van der Waals surface area (Å²) in [5.74, 6) is 0.662. The number of hydrogen-bond acceptors (Lipinski definition) is 8. The number of anilines is 1. The molecule has 2 aromatic heterocycles. The van der Waals surface area contributed by atoms with Gasteiger partial charge in [-0.25, -0.2) is 8.78 Å². The fourth-order valence-corrected chi connectivity index (χ4v) is 9.22. The molecular weight excluding hydrogens is 562 g/mol. The molecule has 6 heterocycles. The fraction of sp³-hybridized carbons (Fsp3) is 0.500. The lowest BCUT2D eigenvalue weighted by atomic mass is 9.89. The number of rotatable bonds is 5. The predicted octanol–water partition coefficient (Wildman–Crippen LogP) is 5.36. The van der Waals surface area contributed by atoms with Gasteiger partial charge in [-0.05, 0) is 60.9 Å². The number of phenols is 1. The minimum Gasteiger partial charge on any atom is -0.508 e. The summed E-state index contributed by atoms with van der Waals surface area (Å²) in [6.07, 6.45) is 7.86. The Morgan fingerprint density at radius 3 is 2.70 bits per heavy atom. The van der Waals surface area contributed by atoms with Crippen molar-refractivity contribution in [1.82, 2.24) is 25.2 Å². The number of piperazine rings is 1. The monoisotopic (exact) mass is 598 g/mol. The van der Waals surface area contributed by atoms with Crippen molar-refractivity contribution in [2.45, 2.75) is 74.8 Å². The summed E-state index contributed by atoms with van der Waals surface area (Å²) in [5.41, 5.74) is 0.380. The van der Waals surface area contributed by atoms with Crippen LogP contribution in [0.2, 0.25) is 0 Å². The first-order chi connectivity index (χ1) is 21.4. The molecule has 6 atom stereocenters. The molecule has 2 bridgehead atoms. The third-order valence-corrected chi connectivity index (χ3v) is 11.0. The van der Waals surface area contributed by atoms with Gasteiger partial charge in [0.25, 0.3) is 0 Å². The molecule has 9 rings (SSSR count). The Labute approximate surface area is 254 Å². The average Bonchev–Trinajstić information content (AvgIpc) is 3.76. The van der Waals surface area contributed by atoms with Crippen molar-refractivity contribution in [3.63, 3.8) is 0 Å². The summed E-state index contributed by atoms with van der Waals surface area (Å²) < 4.78 is 37.9. The Kier molecular flexibility index (Phi) is 6.04. The molecule has 1 saturated carbocycles. The van der Waals surface area contributed by atoms with Crippen LogP contribution in [0.5, 0.6) is 11.8 Å². The van der Waals surface area contributed by atoms with Crippen LogP contribution in [0.3, 0.4) is 0 Å². The number of aromatic hydroxyl groups is 1. The molecule has 8 nitrogen and oxygen atoms in total. The van der Waals surface area contributed by atoms with Crippen LogP contribution in [0, 0.1) is 11.7 Å². The van der Waals surface area contributed by atoms with E-state index >= 15 is 4.39 Å². The third-order valence-electron chi connectivity index (χ3n) is 11.0. The number of aromatic nitrogens is 3. The van der Waals surface area contributed by atoms with Crippen molar-refractivity contribution in [1.29, 1.82) is 0 Å². The number of halogens is 2. The van der Waals surface area contributed by atoms with Gasteiger partial charge in [-0.15, -0.1) is 0 Å². The van der Waals surface area contributed by atoms with E-state index < -0.39 is 12.0 Å². The van der Waals surface area contributed by atoms with Gasteiger partial charge in [0.2, 0.25) is 0 Å². The second-order valence-electron chi connectivity index (χ2n) is 13.7. The molecule has 6 unspecified atom stereocenters. The zero-order valence-electron chi connectivity index (χ0n) is 24.6. The molecule has 0 radical (unpaired) electrons. The largest absolute Gasteiger partial charge is 0.508 e. The zero-order chi connectivity index (χ0) is 29.6. The van der Waals surface area contributed by atoms with Crippen molar-refractivity contribution in [2.75, 3.05) is 31.1 Å². The number of pyridine rings is 1. The fourth-order valence-electron chi connectivity index (χ4n) is 9.22. The highest BCUT2D eigenvalue weighted by Crippen LogP contribution is 2.52. The number of ether oxygens (including phenoxy) is 1. The van der Waals surface area contributed by atoms with Crippen LogP contribution in [0.15, 0.2) is 42.6 Å². The van der Waals surface area contributed by atoms with Crippen molar-refractivity contribution < 1.29 is 18.6 Å². The van der Waals surface area contributed by atoms with Gasteiger partial charge in [0.1, 0.15) is 35.6 Å². The Bertz CT molecular complexity index is 1780. The highest BCUT2D eigenvalue weighted by molar-refractivity contribution is 5.99. The van der Waals surface area contributed by atoms with E-state index in [-0.39, 0.29) is 35.1 Å². The van der Waals surface area contributed by atoms with E-state index in [1.54, 1.807) is 18.3 Å². The smallest absolute Gasteiger partial charge is 0.319 e. The van der Waals surface area contributed by atoms with Gasteiger partial charge in [-0.1, -0.05) is 30.7 Å². The lowest BCUT2D eigenvalue weighted by Crippen LogP contribution is -2.51. The minimum absolute atomic E-state index is 0.0385. The highest BCUT2D eigenvalue weighted by atomic mass is 19.1. The van der Waals surface area contributed by atoms with Gasteiger partial charge in [0.05, 0.1) is 10.9 Å². The maximum Gasteiger partial charge on any atom is 0.319 e. The van der Waals surface area contributed by atoms with Crippen molar-refractivity contribution in [3.05, 3.63) is 48.4 Å². The van der Waals surface area contributed by atoms with E-state index in [4.69, 9.17) is 9.72 Å². The number of nitrogens with one attached hydrogen (secondary N) is 1. The Morgan fingerprint density at radius 2 is 1.84 bits per heavy atom. The van der Waals surface area contributed by atoms with Gasteiger partial charge in [-0.3, -0.25) is 9.88 Å². The van der Waals surface area contributed by atoms with E-state index in [1.165, 1.54) is 12.8 Å². The first-order valence-electron chi connectivity index (χ1n) is 16.1. The lowest BCUT2D eigenvalue weighted by Gasteiger charge is -2.35. The van der Waals surface area contributed by atoms with Gasteiger partial charge >= 0.3 is 6.01 Å². The third kappa shape index (κ3) is 4.17. The first kappa shape index (κ1) is 26.7. The zero-order valence-corrected chi connectivity index (χ0v) is 24.6. The van der Waals surface area contributed by atoms with Crippen LogP contribution in [-0.2, 0) is 0 Å². The van der Waals surface area contributed by atoms with Crippen LogP contribution in [0.1, 0.15) is 44.9 Å². The first-order valence-corrected chi connectivity index (χ1v) is 16.1. The highest BCUT2D eigenvalue weighted by Gasteiger charge is 2.58. The number of benzene rings is 2. The standard InChI is InChI=1S/C34H36F2N6O2/c35-21-13-34(12-20-5-3-7-28(20)42(34)15-21)18-44-33-39-31-27(32(40-33)41-16-22-8-9-23(17-41)38-22)14-37-30(29(31)36)26-11-24(43)10-19-4-1-2-6-25(19)26/h1-2,4,6,10-11,14,20-23,28,38,43H,3,5,7-9,12-13,15-18H2. The van der Waals surface area contributed by atoms with Crippen LogP contribution >= 0.6 is 0 Å². The van der Waals surface area contributed by atoms with Crippen LogP contribution in [0.25, 0.3) is 32.9 Å². The van der Waals surface area contributed by atoms with Gasteiger partial charge < -0.3 is 20.1 Å². The topological polar surface area (TPSA) is 86.6 Å². The van der Waals surface area contributed by atoms with Gasteiger partial charge in [-0.2, -0.15) is 9.97 Å². The van der Waals surface area contributed by atoms with Crippen molar-refractivity contribution >= 4 is 27.5 Å². The number of alkyl halides is 1. The minimum atomic E-state index is -0.868. The summed E-state index contributed by atoms with van der Waals surface area (Å²) in [6.45, 7) is 2.26. The van der Waals surface area contributed by atoms with Gasteiger partial charge in [0, 0.05) is 55.9 Å². The summed E-state index contributed by atoms with van der Waals surface area (Å²) in [7, 11) is 0. The molecule has 5 aliphatic rings. The molecule has 44 heavy (non-hydrogen) atoms. The summed E-state index contributed by atoms with van der Waals surface area (Å²) in [4.78, 5) is 18.7. The molecule has 0 amide bonds. The van der Waals surface area contributed by atoms with E-state index in [0.29, 0.717) is 53.8 Å². The average molecular weight is 599 g/mol. The molecule has 5 fully saturated rings. The van der Waals surface area contributed by atoms with E-state index in [1.807, 2.05) is 24.3 Å². The molecule has 4 aromatic rings. The number of nitrogens with zero attached hydrogens (tertiary/aromatic N) is 5. The van der Waals surface area contributed by atoms with E-state index in [0.717, 1.165) is 49.5 Å². The second-order valence-corrected chi connectivity index (χ2v) is 13.7. The second kappa shape index (κ2) is 9.94. The molecule has 228 valence electrons. The molecule has 4 aliphatic heterocycles. The van der Waals surface area contributed by atoms with Crippen LogP contribution < -0.4 is 15.0 Å². The molecule has 10 heteroatoms. The normalized spacial score (nSPS) is 31.2. The molecule has 2 aromatic carbocycles. The molecular formula is C34H36F2N6O2. The number of hydrogen-bond donors (Lipinski definition) is 2. The number of phenolic OH excluding ortho intramolecular Hbond substituents is 1.